The Morgan fingerprint density at radius 1 is 1.19 bits per heavy atom. The van der Waals surface area contributed by atoms with Crippen molar-refractivity contribution in [1.82, 2.24) is 10.2 Å². The summed E-state index contributed by atoms with van der Waals surface area (Å²) < 4.78 is 3.60. The van der Waals surface area contributed by atoms with E-state index in [9.17, 15) is 19.2 Å². The van der Waals surface area contributed by atoms with Crippen LogP contribution < -0.4 is 5.32 Å². The zero-order valence-corrected chi connectivity index (χ0v) is 19.9. The summed E-state index contributed by atoms with van der Waals surface area (Å²) >= 11 is 17.8. The Kier molecular flexibility index (Phi) is 9.24. The lowest BCUT2D eigenvalue weighted by Crippen LogP contribution is -2.70. The number of hydrogen-bond donors (Lipinski definition) is 1. The Bertz CT molecular complexity index is 873. The summed E-state index contributed by atoms with van der Waals surface area (Å²) in [5.41, 5.74) is 0.792. The number of amides is 2. The molecule has 0 saturated carbocycles. The fourth-order valence-corrected chi connectivity index (χ4v) is 3.98. The highest BCUT2D eigenvalue weighted by molar-refractivity contribution is 8.14. The van der Waals surface area contributed by atoms with E-state index < -0.39 is 27.1 Å². The summed E-state index contributed by atoms with van der Waals surface area (Å²) in [6, 6.07) is 8.14. The lowest BCUT2D eigenvalue weighted by molar-refractivity contribution is -0.156. The van der Waals surface area contributed by atoms with E-state index in [0.717, 1.165) is 17.3 Å². The smallest absolute Gasteiger partial charge is 0.330 e. The van der Waals surface area contributed by atoms with Gasteiger partial charge in [0.1, 0.15) is 23.7 Å². The van der Waals surface area contributed by atoms with Crippen LogP contribution in [0.5, 0.6) is 0 Å². The Labute approximate surface area is 199 Å². The van der Waals surface area contributed by atoms with Gasteiger partial charge in [0.25, 0.3) is 0 Å². The van der Waals surface area contributed by atoms with Crippen LogP contribution >= 0.6 is 46.6 Å². The second-order valence-corrected chi connectivity index (χ2v) is 10.6. The standard InChI is InChI=1S/C20H21Cl3N2O5S/c1-12(8-9-20(21,22)23)30-16(28)11-25-18(29)17(19(25)31-13(2)26)24-15(27)10-14-6-4-3-5-7-14/h3-8,17,19H,9-11H2,1-2H3,(H,24,27)/t17-,19-/m1/s1. The summed E-state index contributed by atoms with van der Waals surface area (Å²) in [6.07, 6.45) is 1.58. The second kappa shape index (κ2) is 11.2. The van der Waals surface area contributed by atoms with Gasteiger partial charge in [0.05, 0.1) is 6.42 Å². The summed E-state index contributed by atoms with van der Waals surface area (Å²) in [7, 11) is 0. The number of carbonyl (C=O) groups excluding carboxylic acids is 4. The Balaban J connectivity index is 1.96. The molecule has 2 amide bonds. The number of thioether (sulfide) groups is 1. The zero-order chi connectivity index (χ0) is 23.2. The zero-order valence-electron chi connectivity index (χ0n) is 16.8. The highest BCUT2D eigenvalue weighted by Crippen LogP contribution is 2.32. The molecule has 0 aromatic heterocycles. The maximum Gasteiger partial charge on any atom is 0.330 e. The molecule has 0 unspecified atom stereocenters. The first-order valence-corrected chi connectivity index (χ1v) is 11.2. The molecule has 2 atom stereocenters. The first-order valence-electron chi connectivity index (χ1n) is 9.21. The molecular weight excluding hydrogens is 487 g/mol. The second-order valence-electron chi connectivity index (χ2n) is 6.78. The van der Waals surface area contributed by atoms with Gasteiger partial charge in [-0.05, 0) is 18.6 Å². The fourth-order valence-electron chi connectivity index (χ4n) is 2.78. The molecule has 1 aromatic rings. The number of allylic oxidation sites excluding steroid dienone is 2. The normalized spacial score (nSPS) is 18.9. The van der Waals surface area contributed by atoms with Gasteiger partial charge in [-0.3, -0.25) is 14.4 Å². The van der Waals surface area contributed by atoms with Gasteiger partial charge in [0.15, 0.2) is 8.91 Å². The summed E-state index contributed by atoms with van der Waals surface area (Å²) in [4.78, 5) is 49.8. The maximum absolute atomic E-state index is 12.5. The van der Waals surface area contributed by atoms with Crippen LogP contribution in [-0.2, 0) is 30.3 Å². The van der Waals surface area contributed by atoms with Gasteiger partial charge in [0.2, 0.25) is 11.8 Å². The number of benzene rings is 1. The summed E-state index contributed by atoms with van der Waals surface area (Å²) in [5.74, 6) is -1.33. The lowest BCUT2D eigenvalue weighted by atomic mass is 10.1. The van der Waals surface area contributed by atoms with E-state index in [4.69, 9.17) is 39.5 Å². The van der Waals surface area contributed by atoms with Crippen molar-refractivity contribution in [3.63, 3.8) is 0 Å². The first kappa shape index (κ1) is 25.5. The number of alkyl halides is 3. The highest BCUT2D eigenvalue weighted by Gasteiger charge is 2.50. The quantitative estimate of drug-likeness (QED) is 0.251. The van der Waals surface area contributed by atoms with E-state index in [1.807, 2.05) is 18.2 Å². The van der Waals surface area contributed by atoms with Crippen molar-refractivity contribution in [2.24, 2.45) is 0 Å². The molecule has 1 N–H and O–H groups in total. The third-order valence-electron chi connectivity index (χ3n) is 4.15. The molecule has 0 radical (unpaired) electrons. The molecule has 168 valence electrons. The number of halogens is 3. The van der Waals surface area contributed by atoms with Gasteiger partial charge in [-0.25, -0.2) is 4.79 Å². The number of rotatable bonds is 8. The number of nitrogens with one attached hydrogen (secondary N) is 1. The Morgan fingerprint density at radius 3 is 2.42 bits per heavy atom. The van der Waals surface area contributed by atoms with Crippen LogP contribution in [0, 0.1) is 0 Å². The fraction of sp³-hybridized carbons (Fsp3) is 0.400. The number of likely N-dealkylation sites (tertiary alicyclic amines) is 1. The maximum atomic E-state index is 12.5. The van der Waals surface area contributed by atoms with Crippen molar-refractivity contribution >= 4 is 69.5 Å². The average molecular weight is 508 g/mol. The number of β-lactam (4-membered cyclic amide) rings is 1. The molecular formula is C20H21Cl3N2O5S. The van der Waals surface area contributed by atoms with Gasteiger partial charge in [0, 0.05) is 13.3 Å². The number of ether oxygens (including phenoxy) is 1. The van der Waals surface area contributed by atoms with Crippen LogP contribution in [0.2, 0.25) is 0 Å². The minimum absolute atomic E-state index is 0.0394. The van der Waals surface area contributed by atoms with Crippen LogP contribution in [-0.4, -0.2) is 49.6 Å². The highest BCUT2D eigenvalue weighted by atomic mass is 35.6. The SMILES string of the molecule is CC(=O)S[C@@H]1[C@H](NC(=O)Cc2ccccc2)C(=O)N1CC(=O)OC(C)=CCC(Cl)(Cl)Cl. The van der Waals surface area contributed by atoms with E-state index >= 15 is 0 Å². The van der Waals surface area contributed by atoms with Gasteiger partial charge in [-0.15, -0.1) is 0 Å². The van der Waals surface area contributed by atoms with Gasteiger partial charge < -0.3 is 15.0 Å². The first-order chi connectivity index (χ1) is 14.5. The number of carbonyl (C=O) groups is 4. The molecule has 1 fully saturated rings. The molecule has 11 heteroatoms. The summed E-state index contributed by atoms with van der Waals surface area (Å²) in [6.45, 7) is 2.48. The van der Waals surface area contributed by atoms with Crippen molar-refractivity contribution in [3.8, 4) is 0 Å². The van der Waals surface area contributed by atoms with Gasteiger partial charge >= 0.3 is 5.97 Å². The molecule has 0 bridgehead atoms. The molecule has 1 aromatic carbocycles. The van der Waals surface area contributed by atoms with Gasteiger partial charge in [-0.1, -0.05) is 76.9 Å². The minimum atomic E-state index is -1.52. The predicted octanol–water partition coefficient (Wildman–Crippen LogP) is 3.37. The van der Waals surface area contributed by atoms with E-state index in [-0.39, 0.29) is 36.2 Å². The van der Waals surface area contributed by atoms with Crippen LogP contribution in [0.15, 0.2) is 42.2 Å². The van der Waals surface area contributed by atoms with Crippen LogP contribution in [0.25, 0.3) is 0 Å². The largest absolute Gasteiger partial charge is 0.430 e. The summed E-state index contributed by atoms with van der Waals surface area (Å²) in [5, 5.41) is 1.68. The topological polar surface area (TPSA) is 92.8 Å². The van der Waals surface area contributed by atoms with E-state index in [1.165, 1.54) is 24.8 Å². The molecule has 1 saturated heterocycles. The van der Waals surface area contributed by atoms with Gasteiger partial charge in [-0.2, -0.15) is 0 Å². The number of nitrogens with zero attached hydrogens (tertiary/aromatic N) is 1. The van der Waals surface area contributed by atoms with E-state index in [0.29, 0.717) is 0 Å². The van der Waals surface area contributed by atoms with Crippen molar-refractivity contribution in [1.29, 1.82) is 0 Å². The monoisotopic (exact) mass is 506 g/mol. The third kappa shape index (κ3) is 8.37. The lowest BCUT2D eigenvalue weighted by Gasteiger charge is -2.45. The number of esters is 1. The Morgan fingerprint density at radius 2 is 1.84 bits per heavy atom. The van der Waals surface area contributed by atoms with E-state index in [2.05, 4.69) is 5.32 Å². The molecule has 1 heterocycles. The molecule has 0 aliphatic carbocycles. The van der Waals surface area contributed by atoms with Crippen LogP contribution in [0.3, 0.4) is 0 Å². The van der Waals surface area contributed by atoms with Crippen molar-refractivity contribution in [2.45, 2.75) is 41.9 Å². The van der Waals surface area contributed by atoms with Crippen LogP contribution in [0.4, 0.5) is 0 Å². The molecule has 2 rings (SSSR count). The molecule has 7 nitrogen and oxygen atoms in total. The van der Waals surface area contributed by atoms with E-state index in [1.54, 1.807) is 12.1 Å². The molecule has 1 aliphatic rings. The third-order valence-corrected chi connectivity index (χ3v) is 5.71. The molecule has 1 aliphatic heterocycles. The van der Waals surface area contributed by atoms with Crippen molar-refractivity contribution in [2.75, 3.05) is 6.54 Å². The Hall–Kier alpha value is -1.74. The van der Waals surface area contributed by atoms with Crippen molar-refractivity contribution < 1.29 is 23.9 Å². The molecule has 31 heavy (non-hydrogen) atoms. The predicted molar refractivity (Wildman–Crippen MR) is 121 cm³/mol. The minimum Gasteiger partial charge on any atom is -0.430 e. The van der Waals surface area contributed by atoms with Crippen LogP contribution in [0.1, 0.15) is 25.8 Å². The number of hydrogen-bond acceptors (Lipinski definition) is 6. The average Bonchev–Trinajstić information content (AvgIpc) is 2.67. The molecule has 0 spiro atoms. The van der Waals surface area contributed by atoms with Crippen molar-refractivity contribution in [3.05, 3.63) is 47.7 Å².